The van der Waals surface area contributed by atoms with Crippen LogP contribution >= 0.6 is 0 Å². The number of carboxylic acids is 4. The first-order valence-electron chi connectivity index (χ1n) is 2.13. The van der Waals surface area contributed by atoms with Crippen LogP contribution in [0.3, 0.4) is 0 Å². The largest absolute Gasteiger partial charge is 2.00 e. The number of hydrogen-bond acceptors (Lipinski definition) is 8. The summed E-state index contributed by atoms with van der Waals surface area (Å²) >= 11 is 0. The van der Waals surface area contributed by atoms with E-state index in [1.807, 2.05) is 0 Å². The van der Waals surface area contributed by atoms with Gasteiger partial charge in [0.25, 0.3) is 0 Å². The molecule has 2 radical (unpaired) electrons. The summed E-state index contributed by atoms with van der Waals surface area (Å²) in [6, 6.07) is 0. The summed E-state index contributed by atoms with van der Waals surface area (Å²) in [7, 11) is 0. The van der Waals surface area contributed by atoms with E-state index in [0.717, 1.165) is 0 Å². The quantitative estimate of drug-likeness (QED) is 0.306. The molecule has 0 aromatic carbocycles. The summed E-state index contributed by atoms with van der Waals surface area (Å²) in [4.78, 5) is 35.7. The molecule has 0 aliphatic rings. The third kappa shape index (κ3) is 31.8. The second kappa shape index (κ2) is 15.9. The minimum Gasteiger partial charge on any atom is -0.543 e. The van der Waals surface area contributed by atoms with E-state index in [1.54, 1.807) is 0 Å². The molecule has 0 spiro atoms. The molecular formula is C4CoCuFeO8. The fourth-order valence-electron chi connectivity index (χ4n) is 0. The van der Waals surface area contributed by atoms with Gasteiger partial charge in [0.2, 0.25) is 0 Å². The van der Waals surface area contributed by atoms with Crippen LogP contribution < -0.4 is 20.4 Å². The van der Waals surface area contributed by atoms with Gasteiger partial charge in [-0.15, -0.1) is 0 Å². The molecule has 0 aromatic heterocycles. The van der Waals surface area contributed by atoms with Gasteiger partial charge in [-0.05, 0) is 0 Å². The Kier molecular flexibility index (Phi) is 31.0. The second-order valence-corrected chi connectivity index (χ2v) is 1.15. The van der Waals surface area contributed by atoms with Crippen molar-refractivity contribution in [3.63, 3.8) is 0 Å². The molecule has 15 heavy (non-hydrogen) atoms. The minimum absolute atomic E-state index is 0. The van der Waals surface area contributed by atoms with Gasteiger partial charge in [-0.1, -0.05) is 0 Å². The standard InChI is InChI=1S/2C2H2O4.Co.Cu.Fe/c2*3-1(4)2(5)6;;;/h2*(H,3,4)(H,5,6);;;/q;;2*+2;/p-4. The Morgan fingerprint density at radius 1 is 0.600 bits per heavy atom. The summed E-state index contributed by atoms with van der Waals surface area (Å²) in [5, 5.41) is 35.7. The first-order chi connectivity index (χ1) is 5.29. The van der Waals surface area contributed by atoms with E-state index in [1.165, 1.54) is 0 Å². The normalized spacial score (nSPS) is 5.87. The summed E-state index contributed by atoms with van der Waals surface area (Å²) in [5.74, 6) is -8.74. The van der Waals surface area contributed by atoms with Gasteiger partial charge in [-0.2, -0.15) is 0 Å². The molecular weight excluding hydrogens is 354 g/mol. The van der Waals surface area contributed by atoms with Crippen molar-refractivity contribution in [1.29, 1.82) is 0 Å². The fraction of sp³-hybridized carbons (Fsp3) is 0. The zero-order chi connectivity index (χ0) is 10.3. The van der Waals surface area contributed by atoms with Crippen LogP contribution in [0.4, 0.5) is 0 Å². The van der Waals surface area contributed by atoms with E-state index in [2.05, 4.69) is 0 Å². The first-order valence-corrected chi connectivity index (χ1v) is 2.13. The zero-order valence-corrected chi connectivity index (χ0v) is 9.34. The molecule has 0 heterocycles. The molecule has 0 saturated carbocycles. The van der Waals surface area contributed by atoms with E-state index in [9.17, 15) is 0 Å². The Morgan fingerprint density at radius 3 is 0.667 bits per heavy atom. The van der Waals surface area contributed by atoms with Crippen molar-refractivity contribution in [2.45, 2.75) is 0 Å². The number of carbonyl (C=O) groups excluding carboxylic acids is 4. The SMILES string of the molecule is O=C([O-])C(=O)[O-].O=C([O-])C(=O)[O-].[Co+2].[Cu+2].[Fe]. The molecule has 0 N–H and O–H groups in total. The number of carboxylic acid groups (broad SMARTS) is 4. The fourth-order valence-corrected chi connectivity index (χ4v) is 0. The van der Waals surface area contributed by atoms with Crippen LogP contribution in [0.5, 0.6) is 0 Å². The number of rotatable bonds is 0. The zero-order valence-electron chi connectivity index (χ0n) is 6.25. The molecule has 0 amide bonds. The molecule has 0 aliphatic carbocycles. The molecule has 0 atom stereocenters. The van der Waals surface area contributed by atoms with Crippen LogP contribution in [-0.4, -0.2) is 23.9 Å². The second-order valence-electron chi connectivity index (χ2n) is 1.15. The van der Waals surface area contributed by atoms with Crippen LogP contribution in [0, 0.1) is 0 Å². The van der Waals surface area contributed by atoms with Crippen LogP contribution in [0.15, 0.2) is 0 Å². The van der Waals surface area contributed by atoms with Gasteiger partial charge in [-0.3, -0.25) is 0 Å². The molecule has 0 bridgehead atoms. The summed E-state index contributed by atoms with van der Waals surface area (Å²) < 4.78 is 0. The molecule has 92 valence electrons. The smallest absolute Gasteiger partial charge is 0.543 e. The molecule has 0 unspecified atom stereocenters. The topological polar surface area (TPSA) is 161 Å². The van der Waals surface area contributed by atoms with Crippen molar-refractivity contribution >= 4 is 23.9 Å². The van der Waals surface area contributed by atoms with Gasteiger partial charge in [0.1, 0.15) is 0 Å². The maximum atomic E-state index is 8.93. The average Bonchev–Trinajstić information content (AvgIpc) is 1.88. The van der Waals surface area contributed by atoms with Gasteiger partial charge in [0.15, 0.2) is 0 Å². The van der Waals surface area contributed by atoms with Crippen molar-refractivity contribution in [3.8, 4) is 0 Å². The van der Waals surface area contributed by atoms with E-state index >= 15 is 0 Å². The van der Waals surface area contributed by atoms with Crippen molar-refractivity contribution in [3.05, 3.63) is 0 Å². The molecule has 0 rings (SSSR count). The van der Waals surface area contributed by atoms with E-state index in [-0.39, 0.29) is 50.9 Å². The molecule has 0 fully saturated rings. The van der Waals surface area contributed by atoms with Gasteiger partial charge >= 0.3 is 33.8 Å². The third-order valence-corrected chi connectivity index (χ3v) is 0.333. The number of carbonyl (C=O) groups is 4. The minimum atomic E-state index is -2.19. The summed E-state index contributed by atoms with van der Waals surface area (Å²) in [6.07, 6.45) is 0. The van der Waals surface area contributed by atoms with Crippen LogP contribution in [0.2, 0.25) is 0 Å². The monoisotopic (exact) mass is 354 g/mol. The molecule has 8 nitrogen and oxygen atoms in total. The average molecular weight is 354 g/mol. The predicted octanol–water partition coefficient (Wildman–Crippen LogP) is -7.04. The Morgan fingerprint density at radius 2 is 0.667 bits per heavy atom. The van der Waals surface area contributed by atoms with Crippen LogP contribution in [0.25, 0.3) is 0 Å². The molecule has 0 aliphatic heterocycles. The summed E-state index contributed by atoms with van der Waals surface area (Å²) in [5.41, 5.74) is 0. The Balaban J connectivity index is -0.0000000370. The van der Waals surface area contributed by atoms with E-state index in [4.69, 9.17) is 39.6 Å². The Labute approximate surface area is 114 Å². The first kappa shape index (κ1) is 29.3. The van der Waals surface area contributed by atoms with Gasteiger partial charge in [0.05, 0.1) is 23.9 Å². The Bertz CT molecular complexity index is 183. The maximum Gasteiger partial charge on any atom is 2.00 e. The predicted molar refractivity (Wildman–Crippen MR) is 20.0 cm³/mol. The van der Waals surface area contributed by atoms with Gasteiger partial charge < -0.3 is 39.6 Å². The molecule has 0 saturated heterocycles. The Hall–Kier alpha value is -0.575. The van der Waals surface area contributed by atoms with Crippen molar-refractivity contribution < 1.29 is 90.5 Å². The van der Waals surface area contributed by atoms with Crippen molar-refractivity contribution in [2.75, 3.05) is 0 Å². The van der Waals surface area contributed by atoms with E-state index < -0.39 is 23.9 Å². The number of hydrogen-bond donors (Lipinski definition) is 0. The van der Waals surface area contributed by atoms with Gasteiger partial charge in [0, 0.05) is 17.1 Å². The van der Waals surface area contributed by atoms with Crippen LogP contribution in [-0.2, 0) is 70.1 Å². The van der Waals surface area contributed by atoms with Crippen LogP contribution in [0.1, 0.15) is 0 Å². The maximum absolute atomic E-state index is 8.93. The summed E-state index contributed by atoms with van der Waals surface area (Å²) in [6.45, 7) is 0. The van der Waals surface area contributed by atoms with Crippen molar-refractivity contribution in [2.24, 2.45) is 0 Å². The molecule has 0 aromatic rings. The molecule has 11 heteroatoms. The number of aliphatic carboxylic acids is 4. The van der Waals surface area contributed by atoms with Gasteiger partial charge in [-0.25, -0.2) is 0 Å². The van der Waals surface area contributed by atoms with Crippen molar-refractivity contribution in [1.82, 2.24) is 0 Å². The third-order valence-electron chi connectivity index (χ3n) is 0.333. The van der Waals surface area contributed by atoms with E-state index in [0.29, 0.717) is 0 Å².